The van der Waals surface area contributed by atoms with Gasteiger partial charge in [0.15, 0.2) is 0 Å². The Morgan fingerprint density at radius 1 is 0.650 bits per heavy atom. The van der Waals surface area contributed by atoms with E-state index in [0.29, 0.717) is 5.75 Å². The van der Waals surface area contributed by atoms with Gasteiger partial charge in [0.1, 0.15) is 16.8 Å². The van der Waals surface area contributed by atoms with E-state index < -0.39 is 0 Å². The van der Waals surface area contributed by atoms with Crippen molar-refractivity contribution in [1.29, 1.82) is 0 Å². The number of para-hydroxylation sites is 3. The van der Waals surface area contributed by atoms with Crippen molar-refractivity contribution >= 4 is 11.0 Å². The lowest BCUT2D eigenvalue weighted by Crippen LogP contribution is -2.03. The summed E-state index contributed by atoms with van der Waals surface area (Å²) in [5, 5.41) is 27.6. The van der Waals surface area contributed by atoms with Gasteiger partial charge in [-0.3, -0.25) is 0 Å². The minimum absolute atomic E-state index is 0.329. The van der Waals surface area contributed by atoms with Crippen LogP contribution in [0.4, 0.5) is 0 Å². The van der Waals surface area contributed by atoms with Crippen LogP contribution in [0, 0.1) is 6.92 Å². The van der Waals surface area contributed by atoms with Crippen molar-refractivity contribution in [3.05, 3.63) is 96.3 Å². The van der Waals surface area contributed by atoms with Crippen LogP contribution >= 0.6 is 0 Å². The third-order valence-electron chi connectivity index (χ3n) is 6.68. The summed E-state index contributed by atoms with van der Waals surface area (Å²) in [6.07, 6.45) is 18.4. The first-order valence-corrected chi connectivity index (χ1v) is 14.6. The monoisotopic (exact) mass is 540 g/mol. The zero-order valence-electron chi connectivity index (χ0n) is 24.0. The minimum Gasteiger partial charge on any atom is -0.508 e. The summed E-state index contributed by atoms with van der Waals surface area (Å²) in [5.41, 5.74) is 5.47. The molecule has 0 unspecified atom stereocenters. The van der Waals surface area contributed by atoms with Gasteiger partial charge in [0.05, 0.1) is 18.1 Å². The van der Waals surface area contributed by atoms with Gasteiger partial charge in [-0.15, -0.1) is 0 Å². The third-order valence-corrected chi connectivity index (χ3v) is 6.68. The van der Waals surface area contributed by atoms with Crippen LogP contribution in [0.1, 0.15) is 82.3 Å². The summed E-state index contributed by atoms with van der Waals surface area (Å²) in [6, 6.07) is 23.3. The average molecular weight is 541 g/mol. The highest BCUT2D eigenvalue weighted by molar-refractivity contribution is 5.72. The summed E-state index contributed by atoms with van der Waals surface area (Å²) >= 11 is 0. The van der Waals surface area contributed by atoms with Crippen molar-refractivity contribution in [3.63, 3.8) is 0 Å². The quantitative estimate of drug-likeness (QED) is 0.155. The van der Waals surface area contributed by atoms with Gasteiger partial charge >= 0.3 is 0 Å². The van der Waals surface area contributed by atoms with Gasteiger partial charge in [0.25, 0.3) is 0 Å². The van der Waals surface area contributed by atoms with Gasteiger partial charge in [0.2, 0.25) is 0 Å². The van der Waals surface area contributed by atoms with Crippen LogP contribution < -0.4 is 0 Å². The fourth-order valence-electron chi connectivity index (χ4n) is 4.39. The number of aryl methyl sites for hydroxylation is 2. The first-order valence-electron chi connectivity index (χ1n) is 14.6. The molecule has 3 aromatic carbocycles. The van der Waals surface area contributed by atoms with Gasteiger partial charge in [-0.05, 0) is 55.7 Å². The van der Waals surface area contributed by atoms with Crippen molar-refractivity contribution in [2.75, 3.05) is 0 Å². The molecule has 0 spiro atoms. The zero-order chi connectivity index (χ0) is 28.3. The Balaban J connectivity index is 0.000000208. The molecule has 5 aromatic rings. The number of nitrogens with one attached hydrogen (secondary N) is 1. The van der Waals surface area contributed by atoms with Crippen molar-refractivity contribution in [3.8, 4) is 11.4 Å². The maximum atomic E-state index is 8.76. The first kappa shape index (κ1) is 30.5. The molecule has 0 aliphatic heterocycles. The zero-order valence-corrected chi connectivity index (χ0v) is 24.0. The SMILES string of the molecule is CCCCCCCCCCCCc1ccccc1-n1nccn1.Cc1ccc(O)cc1.c1ccc2n[nH]nc2c1. The van der Waals surface area contributed by atoms with E-state index in [9.17, 15) is 0 Å². The van der Waals surface area contributed by atoms with E-state index in [1.165, 1.54) is 75.3 Å². The summed E-state index contributed by atoms with van der Waals surface area (Å²) in [7, 11) is 0. The van der Waals surface area contributed by atoms with Gasteiger partial charge in [-0.2, -0.15) is 30.4 Å². The number of nitrogens with zero attached hydrogens (tertiary/aromatic N) is 5. The number of fused-ring (bicyclic) bond motifs is 1. The van der Waals surface area contributed by atoms with Gasteiger partial charge < -0.3 is 5.11 Å². The second kappa shape index (κ2) is 18.3. The largest absolute Gasteiger partial charge is 0.508 e. The summed E-state index contributed by atoms with van der Waals surface area (Å²) in [4.78, 5) is 1.73. The molecule has 0 aliphatic carbocycles. The molecule has 212 valence electrons. The van der Waals surface area contributed by atoms with Crippen LogP contribution in [0.5, 0.6) is 5.75 Å². The molecule has 2 N–H and O–H groups in total. The van der Waals surface area contributed by atoms with Crippen LogP contribution in [-0.2, 0) is 6.42 Å². The predicted octanol–water partition coefficient (Wildman–Crippen LogP) is 8.39. The molecule has 0 bridgehead atoms. The van der Waals surface area contributed by atoms with Crippen molar-refractivity contribution in [2.45, 2.75) is 84.5 Å². The molecule has 0 saturated carbocycles. The fourth-order valence-corrected chi connectivity index (χ4v) is 4.39. The number of unbranched alkanes of at least 4 members (excludes halogenated alkanes) is 9. The topological polar surface area (TPSA) is 92.5 Å². The molecule has 40 heavy (non-hydrogen) atoms. The summed E-state index contributed by atoms with van der Waals surface area (Å²) < 4.78 is 0. The molecule has 0 radical (unpaired) electrons. The fraction of sp³-hybridized carbons (Fsp3) is 0.394. The number of aromatic nitrogens is 6. The smallest absolute Gasteiger partial charge is 0.115 e. The average Bonchev–Trinajstić information content (AvgIpc) is 3.69. The number of phenols is 1. The highest BCUT2D eigenvalue weighted by Crippen LogP contribution is 2.17. The Morgan fingerprint density at radius 3 is 1.75 bits per heavy atom. The molecule has 0 atom stereocenters. The Kier molecular flexibility index (Phi) is 14.0. The summed E-state index contributed by atoms with van der Waals surface area (Å²) in [6.45, 7) is 4.26. The van der Waals surface area contributed by atoms with E-state index in [-0.39, 0.29) is 0 Å². The molecular formula is C33H44N6O. The number of rotatable bonds is 12. The van der Waals surface area contributed by atoms with Gasteiger partial charge in [0, 0.05) is 0 Å². The maximum absolute atomic E-state index is 8.76. The highest BCUT2D eigenvalue weighted by atomic mass is 16.3. The maximum Gasteiger partial charge on any atom is 0.115 e. The predicted molar refractivity (Wildman–Crippen MR) is 164 cm³/mol. The molecule has 7 nitrogen and oxygen atoms in total. The number of hydrogen-bond acceptors (Lipinski definition) is 5. The number of phenolic OH excluding ortho intramolecular Hbond substituents is 1. The Labute approximate surface area is 238 Å². The number of aromatic hydroxyl groups is 1. The van der Waals surface area contributed by atoms with E-state index >= 15 is 0 Å². The van der Waals surface area contributed by atoms with Crippen LogP contribution in [0.2, 0.25) is 0 Å². The molecule has 2 heterocycles. The third kappa shape index (κ3) is 11.4. The van der Waals surface area contributed by atoms with E-state index in [0.717, 1.165) is 23.1 Å². The number of benzene rings is 3. The van der Waals surface area contributed by atoms with E-state index in [2.05, 4.69) is 56.8 Å². The van der Waals surface area contributed by atoms with Crippen molar-refractivity contribution in [2.24, 2.45) is 0 Å². The first-order chi connectivity index (χ1) is 19.7. The van der Waals surface area contributed by atoms with Crippen LogP contribution in [0.25, 0.3) is 16.7 Å². The Morgan fingerprint density at radius 2 is 1.18 bits per heavy atom. The van der Waals surface area contributed by atoms with Crippen LogP contribution in [-0.4, -0.2) is 35.5 Å². The number of hydrogen-bond donors (Lipinski definition) is 2. The lowest BCUT2D eigenvalue weighted by atomic mass is 10.0. The van der Waals surface area contributed by atoms with E-state index in [1.807, 2.05) is 43.3 Å². The number of H-pyrrole nitrogens is 1. The molecular weight excluding hydrogens is 496 g/mol. The lowest BCUT2D eigenvalue weighted by Gasteiger charge is -2.08. The minimum atomic E-state index is 0.329. The lowest BCUT2D eigenvalue weighted by molar-refractivity contribution is 0.475. The van der Waals surface area contributed by atoms with Crippen LogP contribution in [0.15, 0.2) is 85.2 Å². The van der Waals surface area contributed by atoms with E-state index in [4.69, 9.17) is 5.11 Å². The molecule has 7 heteroatoms. The van der Waals surface area contributed by atoms with Gasteiger partial charge in [-0.1, -0.05) is 113 Å². The molecule has 5 rings (SSSR count). The number of aromatic amines is 1. The van der Waals surface area contributed by atoms with Gasteiger partial charge in [-0.25, -0.2) is 0 Å². The van der Waals surface area contributed by atoms with Crippen molar-refractivity contribution in [1.82, 2.24) is 30.4 Å². The molecule has 2 aromatic heterocycles. The highest BCUT2D eigenvalue weighted by Gasteiger charge is 2.05. The molecule has 0 aliphatic rings. The second-order valence-electron chi connectivity index (χ2n) is 10.0. The summed E-state index contributed by atoms with van der Waals surface area (Å²) in [5.74, 6) is 0.329. The molecule has 0 fully saturated rings. The standard InChI is InChI=1S/C20H31N3.C7H8O.C6H5N3/c1-2-3-4-5-6-7-8-9-10-11-14-19-15-12-13-16-20(19)23-21-17-18-22-23;1-6-2-4-7(8)5-3-6;1-2-4-6-5(3-1)7-9-8-6/h12-13,15-18H,2-11,14H2,1H3;2-5,8H,1H3;1-4H,(H,7,8,9). The molecule has 0 saturated heterocycles. The van der Waals surface area contributed by atoms with E-state index in [1.54, 1.807) is 29.3 Å². The van der Waals surface area contributed by atoms with Crippen LogP contribution in [0.3, 0.4) is 0 Å². The normalized spacial score (nSPS) is 10.4. The van der Waals surface area contributed by atoms with Crippen molar-refractivity contribution < 1.29 is 5.11 Å². The molecule has 0 amide bonds. The second-order valence-corrected chi connectivity index (χ2v) is 10.0. The Bertz CT molecular complexity index is 1260. The Hall–Kier alpha value is -4.00.